The summed E-state index contributed by atoms with van der Waals surface area (Å²) >= 11 is 12.9. The molecular formula is C29H23Br2ClFN3O7. The van der Waals surface area contributed by atoms with Crippen LogP contribution in [0.15, 0.2) is 44.9 Å². The van der Waals surface area contributed by atoms with Crippen LogP contribution in [0.3, 0.4) is 0 Å². The molecule has 1 saturated carbocycles. The fourth-order valence-corrected chi connectivity index (χ4v) is 8.55. The number of phenols is 1. The van der Waals surface area contributed by atoms with Crippen LogP contribution in [-0.4, -0.2) is 46.8 Å². The van der Waals surface area contributed by atoms with Gasteiger partial charge < -0.3 is 15.6 Å². The molecule has 6 rings (SSSR count). The SMILES string of the molecule is COc1cc(C2C3=CCC4C(=O)N(C(N)=O)C(=O)C4C3CC3C(=O)N(c4ccc(F)c(Cl)c4)C(=O)C32C)c(Br)c(Br)c1O. The first kappa shape index (κ1) is 29.8. The van der Waals surface area contributed by atoms with Crippen LogP contribution in [0, 0.1) is 34.9 Å². The summed E-state index contributed by atoms with van der Waals surface area (Å²) < 4.78 is 20.1. The van der Waals surface area contributed by atoms with E-state index in [1.54, 1.807) is 19.1 Å². The number of likely N-dealkylation sites (tertiary alicyclic amines) is 1. The number of amides is 6. The van der Waals surface area contributed by atoms with Crippen molar-refractivity contribution in [3.05, 3.63) is 61.3 Å². The van der Waals surface area contributed by atoms with E-state index in [-0.39, 0.29) is 39.5 Å². The Labute approximate surface area is 266 Å². The summed E-state index contributed by atoms with van der Waals surface area (Å²) in [5.74, 6) is -7.83. The number of benzene rings is 2. The largest absolute Gasteiger partial charge is 0.503 e. The van der Waals surface area contributed by atoms with Gasteiger partial charge in [0, 0.05) is 10.4 Å². The molecule has 3 N–H and O–H groups in total. The quantitative estimate of drug-likeness (QED) is 0.332. The molecule has 2 saturated heterocycles. The number of anilines is 1. The minimum Gasteiger partial charge on any atom is -0.503 e. The van der Waals surface area contributed by atoms with Crippen molar-refractivity contribution in [2.24, 2.45) is 34.8 Å². The number of allylic oxidation sites excluding steroid dienone is 2. The number of rotatable bonds is 3. The molecule has 14 heteroatoms. The second-order valence-electron chi connectivity index (χ2n) is 11.3. The van der Waals surface area contributed by atoms with Crippen molar-refractivity contribution in [3.63, 3.8) is 0 Å². The lowest BCUT2D eigenvalue weighted by Gasteiger charge is -2.49. The van der Waals surface area contributed by atoms with Gasteiger partial charge in [0.2, 0.25) is 23.6 Å². The summed E-state index contributed by atoms with van der Waals surface area (Å²) in [6.07, 6.45) is 1.92. The highest BCUT2D eigenvalue weighted by Gasteiger charge is 2.68. The summed E-state index contributed by atoms with van der Waals surface area (Å²) in [7, 11) is 1.36. The number of phenolic OH excluding ortho intramolecular Hbond substituents is 1. The lowest BCUT2D eigenvalue weighted by Crippen LogP contribution is -2.49. The molecule has 224 valence electrons. The molecule has 0 aromatic heterocycles. The van der Waals surface area contributed by atoms with Gasteiger partial charge in [0.1, 0.15) is 5.82 Å². The summed E-state index contributed by atoms with van der Waals surface area (Å²) in [6.45, 7) is 1.66. The molecule has 6 unspecified atom stereocenters. The van der Waals surface area contributed by atoms with Gasteiger partial charge in [-0.2, -0.15) is 4.90 Å². The van der Waals surface area contributed by atoms with Gasteiger partial charge in [-0.25, -0.2) is 14.1 Å². The molecule has 2 aromatic rings. The van der Waals surface area contributed by atoms with Gasteiger partial charge in [-0.15, -0.1) is 0 Å². The van der Waals surface area contributed by atoms with Crippen molar-refractivity contribution in [3.8, 4) is 11.5 Å². The van der Waals surface area contributed by atoms with Crippen LogP contribution in [0.5, 0.6) is 11.5 Å². The number of hydrogen-bond donors (Lipinski definition) is 2. The third kappa shape index (κ3) is 3.96. The van der Waals surface area contributed by atoms with Gasteiger partial charge in [-0.3, -0.25) is 19.2 Å². The number of aromatic hydroxyl groups is 1. The van der Waals surface area contributed by atoms with Gasteiger partial charge in [0.05, 0.1) is 45.5 Å². The monoisotopic (exact) mass is 737 g/mol. The van der Waals surface area contributed by atoms with Gasteiger partial charge in [-0.05, 0) is 87.4 Å². The molecule has 0 bridgehead atoms. The molecular weight excluding hydrogens is 717 g/mol. The first-order valence-electron chi connectivity index (χ1n) is 13.2. The molecule has 0 radical (unpaired) electrons. The van der Waals surface area contributed by atoms with E-state index >= 15 is 0 Å². The van der Waals surface area contributed by atoms with Gasteiger partial charge in [-0.1, -0.05) is 23.3 Å². The Balaban J connectivity index is 1.58. The Morgan fingerprint density at radius 2 is 1.81 bits per heavy atom. The maximum atomic E-state index is 14.5. The maximum absolute atomic E-state index is 14.5. The predicted octanol–water partition coefficient (Wildman–Crippen LogP) is 5.03. The number of fused-ring (bicyclic) bond motifs is 4. The van der Waals surface area contributed by atoms with Crippen molar-refractivity contribution in [2.75, 3.05) is 12.0 Å². The lowest BCUT2D eigenvalue weighted by molar-refractivity contribution is -0.136. The fraction of sp³-hybridized carbons (Fsp3) is 0.345. The fourth-order valence-electron chi connectivity index (χ4n) is 7.42. The van der Waals surface area contributed by atoms with Crippen molar-refractivity contribution >= 4 is 78.8 Å². The van der Waals surface area contributed by atoms with E-state index in [9.17, 15) is 33.5 Å². The Morgan fingerprint density at radius 1 is 1.12 bits per heavy atom. The predicted molar refractivity (Wildman–Crippen MR) is 158 cm³/mol. The summed E-state index contributed by atoms with van der Waals surface area (Å²) in [5, 5.41) is 10.4. The second-order valence-corrected chi connectivity index (χ2v) is 13.2. The molecule has 2 heterocycles. The zero-order valence-corrected chi connectivity index (χ0v) is 26.5. The smallest absolute Gasteiger partial charge is 0.328 e. The number of carbonyl (C=O) groups is 5. The number of hydrogen-bond acceptors (Lipinski definition) is 7. The van der Waals surface area contributed by atoms with Crippen LogP contribution in [0.2, 0.25) is 5.02 Å². The van der Waals surface area contributed by atoms with E-state index in [1.165, 1.54) is 19.2 Å². The van der Waals surface area contributed by atoms with Crippen LogP contribution in [0.4, 0.5) is 14.9 Å². The third-order valence-electron chi connectivity index (χ3n) is 9.36. The topological polar surface area (TPSA) is 147 Å². The number of halogens is 4. The third-order valence-corrected chi connectivity index (χ3v) is 11.8. The van der Waals surface area contributed by atoms with Crippen LogP contribution >= 0.6 is 43.5 Å². The number of carbonyl (C=O) groups excluding carboxylic acids is 5. The van der Waals surface area contributed by atoms with E-state index in [0.29, 0.717) is 20.5 Å². The van der Waals surface area contributed by atoms with E-state index in [4.69, 9.17) is 22.1 Å². The average Bonchev–Trinajstić information content (AvgIpc) is 3.33. The average molecular weight is 740 g/mol. The molecule has 3 fully saturated rings. The van der Waals surface area contributed by atoms with Gasteiger partial charge in [0.15, 0.2) is 11.5 Å². The molecule has 10 nitrogen and oxygen atoms in total. The van der Waals surface area contributed by atoms with E-state index < -0.39 is 70.5 Å². The lowest BCUT2D eigenvalue weighted by atomic mass is 9.51. The van der Waals surface area contributed by atoms with Crippen LogP contribution < -0.4 is 15.4 Å². The Hall–Kier alpha value is -3.29. The Morgan fingerprint density at radius 3 is 2.44 bits per heavy atom. The number of nitrogens with two attached hydrogens (primary N) is 1. The molecule has 2 aliphatic carbocycles. The Bertz CT molecular complexity index is 1720. The van der Waals surface area contributed by atoms with Crippen LogP contribution in [0.25, 0.3) is 0 Å². The van der Waals surface area contributed by atoms with E-state index in [1.807, 2.05) is 0 Å². The number of methoxy groups -OCH3 is 1. The molecule has 6 amide bonds. The van der Waals surface area contributed by atoms with Crippen LogP contribution in [0.1, 0.15) is 31.2 Å². The number of imide groups is 4. The molecule has 0 spiro atoms. The minimum atomic E-state index is -1.44. The highest BCUT2D eigenvalue weighted by atomic mass is 79.9. The van der Waals surface area contributed by atoms with Crippen molar-refractivity contribution in [1.29, 1.82) is 0 Å². The first-order valence-corrected chi connectivity index (χ1v) is 15.2. The number of primary amides is 1. The zero-order chi connectivity index (χ0) is 31.3. The molecule has 4 aliphatic rings. The highest BCUT2D eigenvalue weighted by Crippen LogP contribution is 2.65. The van der Waals surface area contributed by atoms with Crippen molar-refractivity contribution in [2.45, 2.75) is 25.7 Å². The highest BCUT2D eigenvalue weighted by molar-refractivity contribution is 9.13. The number of ether oxygens (including phenoxy) is 1. The van der Waals surface area contributed by atoms with E-state index in [2.05, 4.69) is 31.9 Å². The second kappa shape index (κ2) is 10.1. The van der Waals surface area contributed by atoms with Crippen molar-refractivity contribution in [1.82, 2.24) is 4.90 Å². The zero-order valence-electron chi connectivity index (χ0n) is 22.6. The maximum Gasteiger partial charge on any atom is 0.328 e. The van der Waals surface area contributed by atoms with Gasteiger partial charge in [0.25, 0.3) is 0 Å². The number of urea groups is 1. The molecule has 2 aliphatic heterocycles. The summed E-state index contributed by atoms with van der Waals surface area (Å²) in [4.78, 5) is 68.8. The van der Waals surface area contributed by atoms with Crippen LogP contribution in [-0.2, 0) is 19.2 Å². The summed E-state index contributed by atoms with van der Waals surface area (Å²) in [6, 6.07) is 3.93. The van der Waals surface area contributed by atoms with Gasteiger partial charge >= 0.3 is 6.03 Å². The van der Waals surface area contributed by atoms with E-state index in [0.717, 1.165) is 11.0 Å². The first-order chi connectivity index (χ1) is 20.2. The molecule has 43 heavy (non-hydrogen) atoms. The normalized spacial score (nSPS) is 29.8. The standard InChI is InChI=1S/C29H23Br2ClFN3O7/c1-29-15(25(39)35(27(29)41)10-3-6-17(33)16(32)7-10)8-13-11(4-5-12-19(13)26(40)36(24(12)38)28(34)42)20(29)14-9-18(43-2)23(37)22(31)21(14)30/h3-4,6-7,9,12-13,15,19-20,37H,5,8H2,1-2H3,(H2,34,42). The Kier molecular flexibility index (Phi) is 7.01. The molecule has 2 aromatic carbocycles. The number of nitrogens with zero attached hydrogens (tertiary/aromatic N) is 2. The molecule has 6 atom stereocenters. The summed E-state index contributed by atoms with van der Waals surface area (Å²) in [5.41, 5.74) is 5.15. The minimum absolute atomic E-state index is 0.0234. The van der Waals surface area contributed by atoms with Crippen molar-refractivity contribution < 1.29 is 38.2 Å².